The molecule has 1 N–H and O–H groups in total. The summed E-state index contributed by atoms with van der Waals surface area (Å²) in [6.07, 6.45) is 6.71. The van der Waals surface area contributed by atoms with Gasteiger partial charge in [0, 0.05) is 23.5 Å². The van der Waals surface area contributed by atoms with Crippen LogP contribution in [0, 0.1) is 6.92 Å². The quantitative estimate of drug-likeness (QED) is 0.623. The number of aromatic nitrogens is 3. The Bertz CT molecular complexity index is 1010. The van der Waals surface area contributed by atoms with Crippen molar-refractivity contribution in [3.8, 4) is 17.3 Å². The number of rotatable bonds is 7. The molecule has 1 atom stereocenters. The largest absolute Gasteiger partial charge is 0.493 e. The SMILES string of the molecule is COc1ccc(/C=C/C(=O)N[C@H](C)c2cnn(-c3ccccn3)c2C)cc1OC. The van der Waals surface area contributed by atoms with E-state index in [4.69, 9.17) is 9.47 Å². The van der Waals surface area contributed by atoms with Gasteiger partial charge >= 0.3 is 0 Å². The molecule has 0 bridgehead atoms. The lowest BCUT2D eigenvalue weighted by Gasteiger charge is -2.12. The normalized spacial score (nSPS) is 12.0. The van der Waals surface area contributed by atoms with E-state index in [0.29, 0.717) is 11.5 Å². The molecule has 2 heterocycles. The van der Waals surface area contributed by atoms with E-state index in [1.165, 1.54) is 6.08 Å². The van der Waals surface area contributed by atoms with E-state index in [-0.39, 0.29) is 11.9 Å². The molecule has 0 unspecified atom stereocenters. The number of carbonyl (C=O) groups excluding carboxylic acids is 1. The van der Waals surface area contributed by atoms with E-state index in [1.54, 1.807) is 43.4 Å². The van der Waals surface area contributed by atoms with E-state index in [0.717, 1.165) is 22.6 Å². The molecular weight excluding hydrogens is 368 g/mol. The predicted octanol–water partition coefficient (Wildman–Crippen LogP) is 3.48. The fourth-order valence-electron chi connectivity index (χ4n) is 3.03. The van der Waals surface area contributed by atoms with Crippen LogP contribution in [0.15, 0.2) is 54.9 Å². The lowest BCUT2D eigenvalue weighted by molar-refractivity contribution is -0.117. The van der Waals surface area contributed by atoms with Crippen LogP contribution >= 0.6 is 0 Å². The summed E-state index contributed by atoms with van der Waals surface area (Å²) in [4.78, 5) is 16.7. The Hall–Kier alpha value is -3.61. The van der Waals surface area contributed by atoms with Gasteiger partial charge in [-0.2, -0.15) is 5.10 Å². The zero-order valence-corrected chi connectivity index (χ0v) is 16.9. The van der Waals surface area contributed by atoms with Crippen molar-refractivity contribution < 1.29 is 14.3 Å². The van der Waals surface area contributed by atoms with Crippen molar-refractivity contribution in [1.29, 1.82) is 0 Å². The highest BCUT2D eigenvalue weighted by Gasteiger charge is 2.16. The third kappa shape index (κ3) is 4.63. The first-order valence-corrected chi connectivity index (χ1v) is 9.20. The van der Waals surface area contributed by atoms with Crippen LogP contribution in [-0.4, -0.2) is 34.9 Å². The second-order valence-corrected chi connectivity index (χ2v) is 6.46. The Labute approximate surface area is 170 Å². The standard InChI is InChI=1S/C22H24N4O3/c1-15(18-14-24-26(16(18)2)21-7-5-6-12-23-21)25-22(27)11-9-17-8-10-19(28-3)20(13-17)29-4/h5-15H,1-4H3,(H,25,27)/b11-9+/t15-/m1/s1. The highest BCUT2D eigenvalue weighted by Crippen LogP contribution is 2.28. The Morgan fingerprint density at radius 3 is 2.66 bits per heavy atom. The minimum atomic E-state index is -0.199. The molecule has 1 aromatic carbocycles. The molecule has 0 fully saturated rings. The van der Waals surface area contributed by atoms with Crippen LogP contribution in [-0.2, 0) is 4.79 Å². The van der Waals surface area contributed by atoms with Crippen molar-refractivity contribution in [1.82, 2.24) is 20.1 Å². The van der Waals surface area contributed by atoms with Gasteiger partial charge in [-0.3, -0.25) is 4.79 Å². The van der Waals surface area contributed by atoms with Crippen LogP contribution in [0.4, 0.5) is 0 Å². The first kappa shape index (κ1) is 20.1. The first-order valence-electron chi connectivity index (χ1n) is 9.20. The maximum atomic E-state index is 12.4. The van der Waals surface area contributed by atoms with Gasteiger partial charge in [-0.25, -0.2) is 9.67 Å². The Kier molecular flexibility index (Phi) is 6.29. The molecule has 3 rings (SSSR count). The second kappa shape index (κ2) is 9.05. The van der Waals surface area contributed by atoms with Crippen LogP contribution in [0.5, 0.6) is 11.5 Å². The summed E-state index contributed by atoms with van der Waals surface area (Å²) in [6.45, 7) is 3.88. The Morgan fingerprint density at radius 2 is 1.97 bits per heavy atom. The molecule has 0 aliphatic carbocycles. The first-order chi connectivity index (χ1) is 14.0. The predicted molar refractivity (Wildman–Crippen MR) is 111 cm³/mol. The smallest absolute Gasteiger partial charge is 0.244 e. The Morgan fingerprint density at radius 1 is 1.17 bits per heavy atom. The molecule has 3 aromatic rings. The monoisotopic (exact) mass is 392 g/mol. The number of hydrogen-bond donors (Lipinski definition) is 1. The molecule has 29 heavy (non-hydrogen) atoms. The van der Waals surface area contributed by atoms with Gasteiger partial charge in [-0.1, -0.05) is 12.1 Å². The molecule has 0 saturated heterocycles. The highest BCUT2D eigenvalue weighted by molar-refractivity contribution is 5.92. The molecule has 7 heteroatoms. The molecule has 0 spiro atoms. The van der Waals surface area contributed by atoms with Gasteiger partial charge in [0.25, 0.3) is 0 Å². The number of benzene rings is 1. The highest BCUT2D eigenvalue weighted by atomic mass is 16.5. The van der Waals surface area contributed by atoms with Gasteiger partial charge in [-0.05, 0) is 49.8 Å². The van der Waals surface area contributed by atoms with Crippen molar-refractivity contribution in [2.24, 2.45) is 0 Å². The van der Waals surface area contributed by atoms with Crippen molar-refractivity contribution in [2.45, 2.75) is 19.9 Å². The number of nitrogens with one attached hydrogen (secondary N) is 1. The maximum absolute atomic E-state index is 12.4. The number of methoxy groups -OCH3 is 2. The van der Waals surface area contributed by atoms with E-state index < -0.39 is 0 Å². The van der Waals surface area contributed by atoms with E-state index in [2.05, 4.69) is 15.4 Å². The molecule has 2 aromatic heterocycles. The number of pyridine rings is 1. The average molecular weight is 392 g/mol. The summed E-state index contributed by atoms with van der Waals surface area (Å²) in [5.74, 6) is 1.80. The molecule has 0 aliphatic heterocycles. The molecule has 150 valence electrons. The number of hydrogen-bond acceptors (Lipinski definition) is 5. The third-order valence-corrected chi connectivity index (χ3v) is 4.57. The molecular formula is C22H24N4O3. The lowest BCUT2D eigenvalue weighted by Crippen LogP contribution is -2.25. The van der Waals surface area contributed by atoms with Crippen LogP contribution in [0.1, 0.15) is 29.8 Å². The van der Waals surface area contributed by atoms with Gasteiger partial charge in [-0.15, -0.1) is 0 Å². The van der Waals surface area contributed by atoms with E-state index in [9.17, 15) is 4.79 Å². The van der Waals surface area contributed by atoms with Crippen LogP contribution in [0.25, 0.3) is 11.9 Å². The van der Waals surface area contributed by atoms with E-state index in [1.807, 2.05) is 44.2 Å². The van der Waals surface area contributed by atoms with Crippen LogP contribution < -0.4 is 14.8 Å². The van der Waals surface area contributed by atoms with Gasteiger partial charge < -0.3 is 14.8 Å². The second-order valence-electron chi connectivity index (χ2n) is 6.46. The molecule has 0 radical (unpaired) electrons. The summed E-state index contributed by atoms with van der Waals surface area (Å²) in [5, 5.41) is 7.37. The van der Waals surface area contributed by atoms with Crippen molar-refractivity contribution >= 4 is 12.0 Å². The topological polar surface area (TPSA) is 78.3 Å². The number of ether oxygens (including phenoxy) is 2. The fraction of sp³-hybridized carbons (Fsp3) is 0.227. The minimum absolute atomic E-state index is 0.197. The van der Waals surface area contributed by atoms with E-state index >= 15 is 0 Å². The molecule has 0 aliphatic rings. The molecule has 0 saturated carbocycles. The summed E-state index contributed by atoms with van der Waals surface area (Å²) < 4.78 is 12.3. The summed E-state index contributed by atoms with van der Waals surface area (Å²) >= 11 is 0. The summed E-state index contributed by atoms with van der Waals surface area (Å²) in [5.41, 5.74) is 2.70. The average Bonchev–Trinajstić information content (AvgIpc) is 3.14. The zero-order valence-electron chi connectivity index (χ0n) is 16.9. The Balaban J connectivity index is 1.68. The third-order valence-electron chi connectivity index (χ3n) is 4.57. The van der Waals surface area contributed by atoms with Crippen molar-refractivity contribution in [2.75, 3.05) is 14.2 Å². The van der Waals surface area contributed by atoms with Crippen LogP contribution in [0.3, 0.4) is 0 Å². The lowest BCUT2D eigenvalue weighted by atomic mass is 10.1. The number of amides is 1. The van der Waals surface area contributed by atoms with Gasteiger partial charge in [0.1, 0.15) is 0 Å². The van der Waals surface area contributed by atoms with Gasteiger partial charge in [0.2, 0.25) is 5.91 Å². The maximum Gasteiger partial charge on any atom is 0.244 e. The van der Waals surface area contributed by atoms with Gasteiger partial charge in [0.05, 0.1) is 26.5 Å². The van der Waals surface area contributed by atoms with Gasteiger partial charge in [0.15, 0.2) is 17.3 Å². The van der Waals surface area contributed by atoms with Crippen molar-refractivity contribution in [3.63, 3.8) is 0 Å². The molecule has 1 amide bonds. The zero-order chi connectivity index (χ0) is 20.8. The summed E-state index contributed by atoms with van der Waals surface area (Å²) in [7, 11) is 3.16. The van der Waals surface area contributed by atoms with Crippen LogP contribution in [0.2, 0.25) is 0 Å². The minimum Gasteiger partial charge on any atom is -0.493 e. The fourth-order valence-corrected chi connectivity index (χ4v) is 3.03. The van der Waals surface area contributed by atoms with Crippen molar-refractivity contribution in [3.05, 3.63) is 71.7 Å². The molecule has 7 nitrogen and oxygen atoms in total. The summed E-state index contributed by atoms with van der Waals surface area (Å²) in [6, 6.07) is 10.9. The number of carbonyl (C=O) groups is 1. The number of nitrogens with zero attached hydrogens (tertiary/aromatic N) is 3.